The molecule has 31 heavy (non-hydrogen) atoms. The molecule has 2 heterocycles. The van der Waals surface area contributed by atoms with E-state index in [2.05, 4.69) is 0 Å². The Labute approximate surface area is 184 Å². The van der Waals surface area contributed by atoms with E-state index in [4.69, 9.17) is 4.74 Å². The first-order valence-corrected chi connectivity index (χ1v) is 11.1. The van der Waals surface area contributed by atoms with Crippen LogP contribution >= 0.6 is 11.8 Å². The van der Waals surface area contributed by atoms with E-state index >= 15 is 0 Å². The molecule has 1 saturated heterocycles. The van der Waals surface area contributed by atoms with E-state index in [9.17, 15) is 19.2 Å². The number of imide groups is 1. The highest BCUT2D eigenvalue weighted by molar-refractivity contribution is 8.14. The number of ether oxygens (including phenoxy) is 1. The number of para-hydroxylation sites is 1. The van der Waals surface area contributed by atoms with E-state index in [1.807, 2.05) is 24.3 Å². The zero-order valence-electron chi connectivity index (χ0n) is 17.1. The molecule has 2 aliphatic heterocycles. The maximum Gasteiger partial charge on any atom is 0.313 e. The van der Waals surface area contributed by atoms with Crippen molar-refractivity contribution in [2.75, 3.05) is 23.8 Å². The molecule has 7 nitrogen and oxygen atoms in total. The van der Waals surface area contributed by atoms with Crippen molar-refractivity contribution in [3.8, 4) is 0 Å². The maximum absolute atomic E-state index is 13.3. The fourth-order valence-corrected chi connectivity index (χ4v) is 4.66. The lowest BCUT2D eigenvalue weighted by molar-refractivity contribution is -0.145. The van der Waals surface area contributed by atoms with Gasteiger partial charge in [-0.2, -0.15) is 0 Å². The molecule has 1 fully saturated rings. The first kappa shape index (κ1) is 21.1. The summed E-state index contributed by atoms with van der Waals surface area (Å²) in [7, 11) is 0. The van der Waals surface area contributed by atoms with Gasteiger partial charge in [0.25, 0.3) is 11.1 Å². The predicted molar refractivity (Wildman–Crippen MR) is 117 cm³/mol. The Balaban J connectivity index is 1.58. The number of rotatable bonds is 5. The number of carbonyl (C=O) groups excluding carboxylic acids is 4. The van der Waals surface area contributed by atoms with E-state index in [1.165, 1.54) is 4.90 Å². The van der Waals surface area contributed by atoms with Crippen molar-refractivity contribution >= 4 is 40.5 Å². The van der Waals surface area contributed by atoms with Crippen LogP contribution in [0.2, 0.25) is 0 Å². The number of hydrogen-bond acceptors (Lipinski definition) is 6. The van der Waals surface area contributed by atoms with E-state index in [1.54, 1.807) is 36.1 Å². The highest BCUT2D eigenvalue weighted by Gasteiger charge is 2.34. The lowest BCUT2D eigenvalue weighted by Gasteiger charge is -2.33. The van der Waals surface area contributed by atoms with Gasteiger partial charge in [-0.25, -0.2) is 0 Å². The molecule has 1 unspecified atom stereocenters. The largest absolute Gasteiger partial charge is 0.466 e. The maximum atomic E-state index is 13.3. The van der Waals surface area contributed by atoms with Gasteiger partial charge >= 0.3 is 5.97 Å². The van der Waals surface area contributed by atoms with Crippen molar-refractivity contribution < 1.29 is 23.9 Å². The van der Waals surface area contributed by atoms with Gasteiger partial charge in [-0.1, -0.05) is 42.1 Å². The molecule has 160 valence electrons. The molecule has 0 bridgehead atoms. The summed E-state index contributed by atoms with van der Waals surface area (Å²) in [6.07, 6.45) is 0.481. The van der Waals surface area contributed by atoms with E-state index in [0.717, 1.165) is 17.3 Å². The van der Waals surface area contributed by atoms with Crippen molar-refractivity contribution in [3.05, 3.63) is 65.2 Å². The van der Waals surface area contributed by atoms with Crippen LogP contribution in [0.25, 0.3) is 0 Å². The number of amides is 3. The van der Waals surface area contributed by atoms with Crippen molar-refractivity contribution in [2.24, 2.45) is 0 Å². The van der Waals surface area contributed by atoms with Crippen LogP contribution in [-0.2, 0) is 20.9 Å². The molecule has 2 aromatic carbocycles. The van der Waals surface area contributed by atoms with Crippen LogP contribution in [0.15, 0.2) is 48.5 Å². The van der Waals surface area contributed by atoms with Gasteiger partial charge < -0.3 is 9.64 Å². The van der Waals surface area contributed by atoms with Gasteiger partial charge in [-0.3, -0.25) is 24.1 Å². The first-order chi connectivity index (χ1) is 15.0. The van der Waals surface area contributed by atoms with E-state index < -0.39 is 5.92 Å². The van der Waals surface area contributed by atoms with Crippen LogP contribution in [0.3, 0.4) is 0 Å². The first-order valence-electron chi connectivity index (χ1n) is 10.1. The van der Waals surface area contributed by atoms with Gasteiger partial charge in [0.15, 0.2) is 0 Å². The number of benzene rings is 2. The third kappa shape index (κ3) is 4.20. The molecule has 1 atom stereocenters. The smallest absolute Gasteiger partial charge is 0.313 e. The molecule has 2 aromatic rings. The van der Waals surface area contributed by atoms with Gasteiger partial charge in [-0.15, -0.1) is 0 Å². The van der Waals surface area contributed by atoms with Crippen LogP contribution in [0.1, 0.15) is 40.7 Å². The van der Waals surface area contributed by atoms with Crippen LogP contribution < -0.4 is 4.90 Å². The second-order valence-corrected chi connectivity index (χ2v) is 8.27. The molecule has 0 aliphatic carbocycles. The highest BCUT2D eigenvalue weighted by Crippen LogP contribution is 2.36. The minimum atomic E-state index is -0.392. The summed E-state index contributed by atoms with van der Waals surface area (Å²) in [5, 5.41) is -0.267. The van der Waals surface area contributed by atoms with Gasteiger partial charge in [-0.05, 0) is 42.7 Å². The molecule has 0 spiro atoms. The summed E-state index contributed by atoms with van der Waals surface area (Å²) in [6.45, 7) is 2.63. The monoisotopic (exact) mass is 438 g/mol. The number of esters is 1. The average molecular weight is 439 g/mol. The van der Waals surface area contributed by atoms with Crippen molar-refractivity contribution in [1.82, 2.24) is 4.90 Å². The molecule has 3 amide bonds. The van der Waals surface area contributed by atoms with Crippen molar-refractivity contribution in [2.45, 2.75) is 25.8 Å². The number of hydrogen-bond donors (Lipinski definition) is 0. The van der Waals surface area contributed by atoms with E-state index in [-0.39, 0.29) is 35.3 Å². The standard InChI is InChI=1S/C23H22N2O5S/c1-2-30-22(28)18-10-11-24(19-9-4-3-8-17(18)19)21(27)16-7-5-6-15(12-16)13-25-20(26)14-31-23(25)29/h3-9,12,18H,2,10-11,13-14H2,1H3. The third-order valence-corrected chi connectivity index (χ3v) is 6.27. The molecule has 0 aromatic heterocycles. The zero-order chi connectivity index (χ0) is 22.0. The topological polar surface area (TPSA) is 84.0 Å². The van der Waals surface area contributed by atoms with Crippen LogP contribution in [0, 0.1) is 0 Å². The Morgan fingerprint density at radius 1 is 1.13 bits per heavy atom. The third-order valence-electron chi connectivity index (χ3n) is 5.42. The number of thioether (sulfide) groups is 1. The van der Waals surface area contributed by atoms with Gasteiger partial charge in [0.05, 0.1) is 24.8 Å². The van der Waals surface area contributed by atoms with Crippen molar-refractivity contribution in [1.29, 1.82) is 0 Å². The Morgan fingerprint density at radius 2 is 1.94 bits per heavy atom. The summed E-state index contributed by atoms with van der Waals surface area (Å²) >= 11 is 0.989. The fourth-order valence-electron chi connectivity index (χ4n) is 3.94. The summed E-state index contributed by atoms with van der Waals surface area (Å²) in [6, 6.07) is 14.4. The molecule has 8 heteroatoms. The van der Waals surface area contributed by atoms with Gasteiger partial charge in [0, 0.05) is 17.8 Å². The lowest BCUT2D eigenvalue weighted by Crippen LogP contribution is -2.38. The summed E-state index contributed by atoms with van der Waals surface area (Å²) in [5.41, 5.74) is 2.66. The summed E-state index contributed by atoms with van der Waals surface area (Å²) < 4.78 is 5.21. The SMILES string of the molecule is CCOC(=O)C1CCN(C(=O)c2cccc(CN3C(=O)CSC3=O)c2)c2ccccc21. The Morgan fingerprint density at radius 3 is 2.68 bits per heavy atom. The fraction of sp³-hybridized carbons (Fsp3) is 0.304. The lowest BCUT2D eigenvalue weighted by atomic mass is 9.89. The second-order valence-electron chi connectivity index (χ2n) is 7.34. The Hall–Kier alpha value is -3.13. The number of nitrogens with zero attached hydrogens (tertiary/aromatic N) is 2. The molecule has 0 saturated carbocycles. The molecular formula is C23H22N2O5S. The second kappa shape index (κ2) is 8.93. The average Bonchev–Trinajstić information content (AvgIpc) is 3.10. The van der Waals surface area contributed by atoms with Crippen molar-refractivity contribution in [3.63, 3.8) is 0 Å². The molecule has 0 radical (unpaired) electrons. The normalized spacial score (nSPS) is 18.2. The Kier molecular flexibility index (Phi) is 6.08. The summed E-state index contributed by atoms with van der Waals surface area (Å²) in [5.74, 6) is -0.922. The van der Waals surface area contributed by atoms with Gasteiger partial charge in [0.2, 0.25) is 5.91 Å². The van der Waals surface area contributed by atoms with Crippen LogP contribution in [0.5, 0.6) is 0 Å². The molecule has 4 rings (SSSR count). The van der Waals surface area contributed by atoms with Gasteiger partial charge in [0.1, 0.15) is 0 Å². The minimum Gasteiger partial charge on any atom is -0.466 e. The molecule has 2 aliphatic rings. The zero-order valence-corrected chi connectivity index (χ0v) is 17.9. The number of fused-ring (bicyclic) bond motifs is 1. The van der Waals surface area contributed by atoms with Crippen LogP contribution in [-0.4, -0.2) is 46.8 Å². The number of carbonyl (C=O) groups is 4. The highest BCUT2D eigenvalue weighted by atomic mass is 32.2. The molecular weight excluding hydrogens is 416 g/mol. The minimum absolute atomic E-state index is 0.146. The predicted octanol–water partition coefficient (Wildman–Crippen LogP) is 3.58. The quantitative estimate of drug-likeness (QED) is 0.664. The summed E-state index contributed by atoms with van der Waals surface area (Å²) in [4.78, 5) is 52.4. The Bertz CT molecular complexity index is 1040. The molecule has 0 N–H and O–H groups in total. The van der Waals surface area contributed by atoms with Crippen LogP contribution in [0.4, 0.5) is 10.5 Å². The number of anilines is 1. The van der Waals surface area contributed by atoms with E-state index in [0.29, 0.717) is 36.4 Å².